The largest absolute Gasteiger partial charge is 0.424 e. The van der Waals surface area contributed by atoms with Crippen molar-refractivity contribution in [3.8, 4) is 0 Å². The smallest absolute Gasteiger partial charge is 0.402 e. The zero-order valence-corrected chi connectivity index (χ0v) is 19.9. The fourth-order valence-electron chi connectivity index (χ4n) is 3.60. The predicted molar refractivity (Wildman–Crippen MR) is 104 cm³/mol. The van der Waals surface area contributed by atoms with Gasteiger partial charge in [-0.25, -0.2) is 0 Å². The second-order valence-corrected chi connectivity index (χ2v) is 32.9. The van der Waals surface area contributed by atoms with Gasteiger partial charge in [-0.2, -0.15) is 0 Å². The molecular formula is C14H39NOSi4. The molecule has 1 unspecified atom stereocenters. The van der Waals surface area contributed by atoms with Crippen LogP contribution in [-0.4, -0.2) is 49.8 Å². The average molecular weight is 350 g/mol. The first-order valence-corrected chi connectivity index (χ1v) is 21.1. The maximum absolute atomic E-state index is 6.96. The van der Waals surface area contributed by atoms with Crippen LogP contribution in [0.1, 0.15) is 12.8 Å². The van der Waals surface area contributed by atoms with E-state index in [1.165, 1.54) is 29.7 Å². The molecule has 1 heterocycles. The van der Waals surface area contributed by atoms with Gasteiger partial charge in [0.2, 0.25) is 0 Å². The molecule has 0 saturated carbocycles. The lowest BCUT2D eigenvalue weighted by Crippen LogP contribution is -2.76. The van der Waals surface area contributed by atoms with Gasteiger partial charge >= 0.3 is 8.48 Å². The lowest BCUT2D eigenvalue weighted by molar-refractivity contribution is -0.724. The summed E-state index contributed by atoms with van der Waals surface area (Å²) >= 11 is 0. The molecule has 1 aliphatic heterocycles. The molecule has 0 aliphatic carbocycles. The third-order valence-corrected chi connectivity index (χ3v) is 29.0. The van der Waals surface area contributed by atoms with Crippen molar-refractivity contribution >= 4 is 32.9 Å². The summed E-state index contributed by atoms with van der Waals surface area (Å²) in [4.78, 5) is 0. The molecule has 0 aromatic carbocycles. The van der Waals surface area contributed by atoms with E-state index in [9.17, 15) is 0 Å². The number of rotatable bonds is 5. The van der Waals surface area contributed by atoms with Crippen molar-refractivity contribution in [2.45, 2.75) is 71.8 Å². The van der Waals surface area contributed by atoms with Crippen LogP contribution in [0.2, 0.25) is 58.9 Å². The zero-order valence-electron chi connectivity index (χ0n) is 15.8. The second-order valence-electron chi connectivity index (χ2n) is 8.87. The van der Waals surface area contributed by atoms with Crippen molar-refractivity contribution in [1.29, 1.82) is 0 Å². The van der Waals surface area contributed by atoms with E-state index in [0.29, 0.717) is 0 Å². The Labute approximate surface area is 133 Å². The summed E-state index contributed by atoms with van der Waals surface area (Å²) in [6.07, 6.45) is 2.85. The van der Waals surface area contributed by atoms with Crippen molar-refractivity contribution < 1.29 is 7.93 Å². The molecule has 1 rings (SSSR count). The fourth-order valence-corrected chi connectivity index (χ4v) is 25.0. The summed E-state index contributed by atoms with van der Waals surface area (Å²) in [6, 6.07) is 0. The van der Waals surface area contributed by atoms with Crippen LogP contribution in [0.5, 0.6) is 0 Å². The van der Waals surface area contributed by atoms with E-state index in [1.54, 1.807) is 0 Å². The number of nitrogens with zero attached hydrogens (tertiary/aromatic N) is 1. The Bertz CT molecular complexity index is 314. The van der Waals surface area contributed by atoms with Crippen LogP contribution in [-0.2, 0) is 4.12 Å². The molecule has 0 aromatic rings. The topological polar surface area (TPSA) is 9.23 Å². The lowest BCUT2D eigenvalue weighted by atomic mass is 10.4. The quantitative estimate of drug-likeness (QED) is 0.529. The normalized spacial score (nSPS) is 21.4. The highest BCUT2D eigenvalue weighted by Gasteiger charge is 2.58. The van der Waals surface area contributed by atoms with E-state index in [-0.39, 0.29) is 7.43 Å². The number of quaternary nitrogens is 1. The van der Waals surface area contributed by atoms with E-state index in [0.717, 1.165) is 0 Å². The third kappa shape index (κ3) is 3.95. The molecular weight excluding hydrogens is 311 g/mol. The van der Waals surface area contributed by atoms with Crippen LogP contribution < -0.4 is 0 Å². The van der Waals surface area contributed by atoms with Gasteiger partial charge in [0.1, 0.15) is 0 Å². The predicted octanol–water partition coefficient (Wildman–Crippen LogP) is 4.37. The van der Waals surface area contributed by atoms with Gasteiger partial charge < -0.3 is 15.4 Å². The molecule has 20 heavy (non-hydrogen) atoms. The van der Waals surface area contributed by atoms with Gasteiger partial charge in [-0.3, -0.25) is 0 Å². The van der Waals surface area contributed by atoms with Crippen molar-refractivity contribution in [2.75, 3.05) is 13.1 Å². The van der Waals surface area contributed by atoms with Crippen LogP contribution in [0.15, 0.2) is 0 Å². The van der Waals surface area contributed by atoms with Gasteiger partial charge in [-0.1, -0.05) is 26.2 Å². The van der Waals surface area contributed by atoms with Gasteiger partial charge in [0.15, 0.2) is 8.56 Å². The van der Waals surface area contributed by atoms with Crippen molar-refractivity contribution in [2.24, 2.45) is 0 Å². The molecule has 0 bridgehead atoms. The first-order valence-electron chi connectivity index (χ1n) is 7.89. The van der Waals surface area contributed by atoms with Gasteiger partial charge in [-0.15, -0.1) is 0 Å². The highest BCUT2D eigenvalue weighted by atomic mass is 29.2. The summed E-state index contributed by atoms with van der Waals surface area (Å²) in [6.45, 7) is 25.5. The second kappa shape index (κ2) is 6.50. The molecule has 0 aromatic heterocycles. The number of hydrogen-bond donors (Lipinski definition) is 0. The average Bonchev–Trinajstić information content (AvgIpc) is 2.63. The van der Waals surface area contributed by atoms with Crippen LogP contribution in [0.3, 0.4) is 0 Å². The standard InChI is InChI=1S/C13H36NOSi4.CH3/c1-16(18(5,6)7)15-19(8,9)14(17(2,3)4)12-10-11-13-14;/h16H,10-13H2,1-9H3;1H3/q+1;-1. The van der Waals surface area contributed by atoms with Gasteiger partial charge in [0.25, 0.3) is 8.24 Å². The van der Waals surface area contributed by atoms with E-state index in [1.807, 2.05) is 0 Å². The maximum atomic E-state index is 6.96. The molecule has 1 saturated heterocycles. The Morgan fingerprint density at radius 1 is 0.850 bits per heavy atom. The van der Waals surface area contributed by atoms with Crippen molar-refractivity contribution in [3.05, 3.63) is 7.43 Å². The van der Waals surface area contributed by atoms with Crippen LogP contribution in [0.25, 0.3) is 0 Å². The summed E-state index contributed by atoms with van der Waals surface area (Å²) in [5, 5.41) is 0. The van der Waals surface area contributed by atoms with E-state index in [2.05, 4.69) is 58.9 Å². The van der Waals surface area contributed by atoms with Crippen LogP contribution in [0, 0.1) is 7.43 Å². The monoisotopic (exact) mass is 349 g/mol. The molecule has 122 valence electrons. The summed E-state index contributed by atoms with van der Waals surface area (Å²) in [7, 11) is -4.89. The Hall–Kier alpha value is 0.788. The summed E-state index contributed by atoms with van der Waals surface area (Å²) < 4.78 is 8.38. The first kappa shape index (κ1) is 20.8. The Balaban J connectivity index is 0.00000361. The minimum atomic E-state index is -1.63. The highest BCUT2D eigenvalue weighted by Crippen LogP contribution is 2.37. The molecule has 0 N–H and O–H groups in total. The molecule has 2 nitrogen and oxygen atoms in total. The van der Waals surface area contributed by atoms with Gasteiger partial charge in [0, 0.05) is 26.2 Å². The van der Waals surface area contributed by atoms with Gasteiger partial charge in [0.05, 0.1) is 7.59 Å². The number of hydrogen-bond acceptors (Lipinski definition) is 1. The SMILES string of the molecule is C[SiH](O[Si](C)(C)[N+]1([Si](C)(C)C)CCCC1)[Si](C)(C)C.[CH3-]. The molecule has 0 radical (unpaired) electrons. The lowest BCUT2D eigenvalue weighted by Gasteiger charge is -2.55. The highest BCUT2D eigenvalue weighted by molar-refractivity contribution is 7.30. The minimum Gasteiger partial charge on any atom is -0.424 e. The molecule has 1 atom stereocenters. The van der Waals surface area contributed by atoms with E-state index >= 15 is 0 Å². The summed E-state index contributed by atoms with van der Waals surface area (Å²) in [5.74, 6) is 0. The maximum Gasteiger partial charge on any atom is 0.402 e. The summed E-state index contributed by atoms with van der Waals surface area (Å²) in [5.41, 5.74) is 0. The third-order valence-electron chi connectivity index (χ3n) is 5.33. The Morgan fingerprint density at radius 2 is 1.25 bits per heavy atom. The minimum absolute atomic E-state index is 0. The van der Waals surface area contributed by atoms with Crippen molar-refractivity contribution in [1.82, 2.24) is 0 Å². The molecule has 1 aliphatic rings. The van der Waals surface area contributed by atoms with E-state index in [4.69, 9.17) is 4.12 Å². The first-order chi connectivity index (χ1) is 8.33. The Morgan fingerprint density at radius 3 is 1.55 bits per heavy atom. The Kier molecular flexibility index (Phi) is 6.75. The molecule has 1 fully saturated rings. The molecule has 0 spiro atoms. The van der Waals surface area contributed by atoms with Crippen LogP contribution in [0.4, 0.5) is 0 Å². The van der Waals surface area contributed by atoms with E-state index < -0.39 is 32.9 Å². The van der Waals surface area contributed by atoms with Crippen LogP contribution >= 0.6 is 0 Å². The van der Waals surface area contributed by atoms with Gasteiger partial charge in [-0.05, 0) is 32.5 Å². The fraction of sp³-hybridized carbons (Fsp3) is 0.929. The zero-order chi connectivity index (χ0) is 15.1. The van der Waals surface area contributed by atoms with Crippen molar-refractivity contribution in [3.63, 3.8) is 0 Å². The molecule has 6 heteroatoms. The molecule has 0 amide bonds.